The molecule has 2 heterocycles. The number of aromatic nitrogens is 2. The highest BCUT2D eigenvalue weighted by molar-refractivity contribution is 7.20. The summed E-state index contributed by atoms with van der Waals surface area (Å²) in [4.78, 5) is 21.1. The molecule has 8 heteroatoms. The smallest absolute Gasteiger partial charge is 0.223 e. The van der Waals surface area contributed by atoms with Crippen LogP contribution in [0.15, 0.2) is 29.6 Å². The second kappa shape index (κ2) is 7.73. The minimum Gasteiger partial charge on any atom is -0.396 e. The van der Waals surface area contributed by atoms with Crippen LogP contribution in [0.25, 0.3) is 10.6 Å². The third kappa shape index (κ3) is 4.41. The highest BCUT2D eigenvalue weighted by atomic mass is 32.1. The van der Waals surface area contributed by atoms with Crippen molar-refractivity contribution in [1.82, 2.24) is 9.97 Å². The molecule has 0 radical (unpaired) electrons. The van der Waals surface area contributed by atoms with Gasteiger partial charge in [0.15, 0.2) is 10.3 Å². The van der Waals surface area contributed by atoms with Crippen LogP contribution in [-0.2, 0) is 11.2 Å². The fourth-order valence-corrected chi connectivity index (χ4v) is 4.10. The second-order valence-electron chi connectivity index (χ2n) is 5.45. The van der Waals surface area contributed by atoms with Crippen LogP contribution < -0.4 is 10.6 Å². The van der Waals surface area contributed by atoms with Crippen LogP contribution in [0.2, 0.25) is 0 Å². The number of aryl methyl sites for hydroxylation is 1. The number of aliphatic hydroxyl groups is 1. The van der Waals surface area contributed by atoms with E-state index in [0.29, 0.717) is 11.6 Å². The molecule has 0 aliphatic rings. The highest BCUT2D eigenvalue weighted by Crippen LogP contribution is 2.35. The lowest BCUT2D eigenvalue weighted by molar-refractivity contribution is -0.114. The summed E-state index contributed by atoms with van der Waals surface area (Å²) in [6.45, 7) is 3.50. The van der Waals surface area contributed by atoms with Gasteiger partial charge in [0.1, 0.15) is 0 Å². The van der Waals surface area contributed by atoms with Crippen molar-refractivity contribution in [2.24, 2.45) is 0 Å². The van der Waals surface area contributed by atoms with E-state index in [4.69, 9.17) is 5.11 Å². The van der Waals surface area contributed by atoms with Crippen LogP contribution in [0.4, 0.5) is 16.0 Å². The molecule has 25 heavy (non-hydrogen) atoms. The van der Waals surface area contributed by atoms with Crippen LogP contribution in [-0.4, -0.2) is 27.6 Å². The van der Waals surface area contributed by atoms with E-state index in [-0.39, 0.29) is 12.5 Å². The van der Waals surface area contributed by atoms with Crippen molar-refractivity contribution in [1.29, 1.82) is 0 Å². The van der Waals surface area contributed by atoms with Crippen LogP contribution in [0.3, 0.4) is 0 Å². The second-order valence-corrected chi connectivity index (χ2v) is 7.31. The van der Waals surface area contributed by atoms with Crippen molar-refractivity contribution in [3.05, 3.63) is 40.9 Å². The summed E-state index contributed by atoms with van der Waals surface area (Å²) in [5.41, 5.74) is 3.69. The summed E-state index contributed by atoms with van der Waals surface area (Å²) in [7, 11) is 0. The highest BCUT2D eigenvalue weighted by Gasteiger charge is 2.14. The predicted molar refractivity (Wildman–Crippen MR) is 103 cm³/mol. The topological polar surface area (TPSA) is 87.1 Å². The van der Waals surface area contributed by atoms with Gasteiger partial charge in [-0.25, -0.2) is 9.97 Å². The summed E-state index contributed by atoms with van der Waals surface area (Å²) < 4.78 is 0. The zero-order valence-electron chi connectivity index (χ0n) is 13.9. The van der Waals surface area contributed by atoms with Gasteiger partial charge in [-0.2, -0.15) is 0 Å². The van der Waals surface area contributed by atoms with Gasteiger partial charge in [0, 0.05) is 24.6 Å². The molecule has 130 valence electrons. The molecule has 3 rings (SSSR count). The number of hydrogen-bond acceptors (Lipinski definition) is 7. The molecule has 0 bridgehead atoms. The van der Waals surface area contributed by atoms with Crippen molar-refractivity contribution in [2.45, 2.75) is 20.3 Å². The summed E-state index contributed by atoms with van der Waals surface area (Å²) in [6, 6.07) is 7.91. The molecule has 0 atom stereocenters. The van der Waals surface area contributed by atoms with Crippen molar-refractivity contribution in [2.75, 3.05) is 17.2 Å². The molecule has 2 aromatic heterocycles. The number of amides is 1. The van der Waals surface area contributed by atoms with Crippen molar-refractivity contribution in [3.8, 4) is 10.6 Å². The minimum absolute atomic E-state index is 0.131. The van der Waals surface area contributed by atoms with Crippen molar-refractivity contribution < 1.29 is 9.90 Å². The Hall–Kier alpha value is -2.29. The van der Waals surface area contributed by atoms with E-state index in [1.165, 1.54) is 29.6 Å². The van der Waals surface area contributed by atoms with Gasteiger partial charge in [-0.15, -0.1) is 11.3 Å². The summed E-state index contributed by atoms with van der Waals surface area (Å²) >= 11 is 2.93. The van der Waals surface area contributed by atoms with Gasteiger partial charge in [-0.3, -0.25) is 4.79 Å². The van der Waals surface area contributed by atoms with Crippen LogP contribution in [0.1, 0.15) is 18.2 Å². The lowest BCUT2D eigenvalue weighted by atomic mass is 10.1. The third-order valence-electron chi connectivity index (χ3n) is 3.40. The standard InChI is InChI=1S/C17H18N4O2S2/c1-10-15(25-17(18-10)19-11(2)23)14-9-24-16(21-14)20-13-5-3-4-12(8-13)6-7-22/h3-5,8-9,22H,6-7H2,1-2H3,(H,20,21)(H,18,19,23). The lowest BCUT2D eigenvalue weighted by Gasteiger charge is -2.04. The maximum atomic E-state index is 11.2. The maximum absolute atomic E-state index is 11.2. The van der Waals surface area contributed by atoms with Crippen LogP contribution in [0.5, 0.6) is 0 Å². The first kappa shape index (κ1) is 17.5. The zero-order valence-corrected chi connectivity index (χ0v) is 15.5. The molecule has 0 saturated heterocycles. The molecular formula is C17H18N4O2S2. The molecule has 3 aromatic rings. The number of thiazole rings is 2. The number of aliphatic hydroxyl groups excluding tert-OH is 1. The summed E-state index contributed by atoms with van der Waals surface area (Å²) in [6.07, 6.45) is 0.630. The Morgan fingerprint density at radius 3 is 2.88 bits per heavy atom. The maximum Gasteiger partial charge on any atom is 0.223 e. The van der Waals surface area contributed by atoms with E-state index < -0.39 is 0 Å². The van der Waals surface area contributed by atoms with Gasteiger partial charge in [0.05, 0.1) is 16.3 Å². The number of rotatable bonds is 6. The van der Waals surface area contributed by atoms with Gasteiger partial charge in [-0.05, 0) is 31.0 Å². The Balaban J connectivity index is 1.77. The third-order valence-corrected chi connectivity index (χ3v) is 5.25. The van der Waals surface area contributed by atoms with E-state index in [1.54, 1.807) is 0 Å². The van der Waals surface area contributed by atoms with Gasteiger partial charge in [0.2, 0.25) is 5.91 Å². The number of carbonyl (C=O) groups excluding carboxylic acids is 1. The number of benzene rings is 1. The van der Waals surface area contributed by atoms with E-state index in [0.717, 1.165) is 32.6 Å². The lowest BCUT2D eigenvalue weighted by Crippen LogP contribution is -2.04. The van der Waals surface area contributed by atoms with E-state index in [2.05, 4.69) is 20.6 Å². The molecular weight excluding hydrogens is 356 g/mol. The van der Waals surface area contributed by atoms with Gasteiger partial charge in [0.25, 0.3) is 0 Å². The number of nitrogens with one attached hydrogen (secondary N) is 2. The van der Waals surface area contributed by atoms with Crippen molar-refractivity contribution >= 4 is 44.5 Å². The van der Waals surface area contributed by atoms with Crippen molar-refractivity contribution in [3.63, 3.8) is 0 Å². The average molecular weight is 374 g/mol. The van der Waals surface area contributed by atoms with E-state index >= 15 is 0 Å². The molecule has 0 unspecified atom stereocenters. The first-order valence-corrected chi connectivity index (χ1v) is 9.42. The Bertz CT molecular complexity index is 888. The molecule has 0 fully saturated rings. The predicted octanol–water partition coefficient (Wildman–Crippen LogP) is 3.81. The molecule has 0 aliphatic heterocycles. The number of anilines is 3. The Labute approximate surface area is 153 Å². The largest absolute Gasteiger partial charge is 0.396 e. The zero-order chi connectivity index (χ0) is 17.8. The summed E-state index contributed by atoms with van der Waals surface area (Å²) in [5.74, 6) is -0.135. The average Bonchev–Trinajstić information content (AvgIpc) is 3.14. The number of hydrogen-bond donors (Lipinski definition) is 3. The first-order chi connectivity index (χ1) is 12.0. The SMILES string of the molecule is CC(=O)Nc1nc(C)c(-c2csc(Nc3cccc(CCO)c3)n2)s1. The number of carbonyl (C=O) groups is 1. The summed E-state index contributed by atoms with van der Waals surface area (Å²) in [5, 5.41) is 18.4. The molecule has 0 spiro atoms. The fraction of sp³-hybridized carbons (Fsp3) is 0.235. The molecule has 0 aliphatic carbocycles. The fourth-order valence-electron chi connectivity index (χ4n) is 2.33. The molecule has 3 N–H and O–H groups in total. The normalized spacial score (nSPS) is 10.7. The first-order valence-electron chi connectivity index (χ1n) is 7.73. The minimum atomic E-state index is -0.135. The van der Waals surface area contributed by atoms with E-state index in [9.17, 15) is 4.79 Å². The van der Waals surface area contributed by atoms with E-state index in [1.807, 2.05) is 36.6 Å². The molecule has 6 nitrogen and oxygen atoms in total. The van der Waals surface area contributed by atoms with Gasteiger partial charge < -0.3 is 15.7 Å². The van der Waals surface area contributed by atoms with Gasteiger partial charge in [-0.1, -0.05) is 23.5 Å². The Kier molecular flexibility index (Phi) is 5.42. The molecule has 1 amide bonds. The van der Waals surface area contributed by atoms with Gasteiger partial charge >= 0.3 is 0 Å². The van der Waals surface area contributed by atoms with Crippen LogP contribution in [0, 0.1) is 6.92 Å². The quantitative estimate of drug-likeness (QED) is 0.611. The molecule has 0 saturated carbocycles. The molecule has 1 aromatic carbocycles. The Morgan fingerprint density at radius 1 is 1.28 bits per heavy atom. The monoisotopic (exact) mass is 374 g/mol. The number of nitrogens with zero attached hydrogens (tertiary/aromatic N) is 2. The Morgan fingerprint density at radius 2 is 2.12 bits per heavy atom. The van der Waals surface area contributed by atoms with Crippen LogP contribution >= 0.6 is 22.7 Å².